The van der Waals surface area contributed by atoms with Crippen molar-refractivity contribution < 1.29 is 15.0 Å². The van der Waals surface area contributed by atoms with Gasteiger partial charge in [-0.25, -0.2) is 0 Å². The van der Waals surface area contributed by atoms with E-state index < -0.39 is 5.54 Å². The summed E-state index contributed by atoms with van der Waals surface area (Å²) in [6.07, 6.45) is 0. The SMILES string of the molecule is CC(C)(C#N)N1CCN(C(=O)c2cccc(O)c2O)CC1. The molecule has 6 nitrogen and oxygen atoms in total. The number of aromatic hydroxyl groups is 2. The summed E-state index contributed by atoms with van der Waals surface area (Å²) in [7, 11) is 0. The smallest absolute Gasteiger partial charge is 0.257 e. The first-order valence-corrected chi connectivity index (χ1v) is 6.83. The second kappa shape index (κ2) is 5.62. The first-order chi connectivity index (χ1) is 9.86. The van der Waals surface area contributed by atoms with Crippen LogP contribution in [-0.2, 0) is 0 Å². The first kappa shape index (κ1) is 15.1. The molecule has 1 aliphatic heterocycles. The fraction of sp³-hybridized carbons (Fsp3) is 0.467. The third-order valence-electron chi connectivity index (χ3n) is 3.88. The Hall–Kier alpha value is -2.26. The number of rotatable bonds is 2. The van der Waals surface area contributed by atoms with Crippen LogP contribution in [0.25, 0.3) is 0 Å². The highest BCUT2D eigenvalue weighted by molar-refractivity contribution is 5.97. The molecule has 1 fully saturated rings. The fourth-order valence-electron chi connectivity index (χ4n) is 2.41. The number of hydrogen-bond acceptors (Lipinski definition) is 5. The number of para-hydroxylation sites is 1. The standard InChI is InChI=1S/C15H19N3O3/c1-15(2,10-16)18-8-6-17(7-9-18)14(21)11-4-3-5-12(19)13(11)20/h3-5,19-20H,6-9H2,1-2H3. The topological polar surface area (TPSA) is 87.8 Å². The lowest BCUT2D eigenvalue weighted by Gasteiger charge is -2.40. The molecule has 2 N–H and O–H groups in total. The molecule has 1 saturated heterocycles. The van der Waals surface area contributed by atoms with Gasteiger partial charge in [-0.05, 0) is 26.0 Å². The summed E-state index contributed by atoms with van der Waals surface area (Å²) in [4.78, 5) is 16.0. The lowest BCUT2D eigenvalue weighted by Crippen LogP contribution is -2.55. The minimum Gasteiger partial charge on any atom is -0.504 e. The molecule has 0 aromatic heterocycles. The fourth-order valence-corrected chi connectivity index (χ4v) is 2.41. The lowest BCUT2D eigenvalue weighted by atomic mass is 10.0. The molecule has 1 aromatic rings. The molecule has 0 atom stereocenters. The predicted molar refractivity (Wildman–Crippen MR) is 76.9 cm³/mol. The maximum atomic E-state index is 12.4. The predicted octanol–water partition coefficient (Wildman–Crippen LogP) is 1.16. The van der Waals surface area contributed by atoms with Gasteiger partial charge in [0.2, 0.25) is 0 Å². The van der Waals surface area contributed by atoms with Crippen molar-refractivity contribution in [3.8, 4) is 17.6 Å². The minimum atomic E-state index is -0.553. The van der Waals surface area contributed by atoms with Crippen molar-refractivity contribution >= 4 is 5.91 Å². The van der Waals surface area contributed by atoms with Crippen LogP contribution >= 0.6 is 0 Å². The molecule has 0 spiro atoms. The van der Waals surface area contributed by atoms with Crippen molar-refractivity contribution in [3.63, 3.8) is 0 Å². The Morgan fingerprint density at radius 3 is 2.43 bits per heavy atom. The van der Waals surface area contributed by atoms with Gasteiger partial charge >= 0.3 is 0 Å². The van der Waals surface area contributed by atoms with Crippen molar-refractivity contribution in [2.24, 2.45) is 0 Å². The van der Waals surface area contributed by atoms with E-state index in [1.165, 1.54) is 18.2 Å². The van der Waals surface area contributed by atoms with Crippen molar-refractivity contribution in [2.45, 2.75) is 19.4 Å². The van der Waals surface area contributed by atoms with E-state index in [4.69, 9.17) is 5.26 Å². The van der Waals surface area contributed by atoms with E-state index in [-0.39, 0.29) is 23.0 Å². The Morgan fingerprint density at radius 1 is 1.24 bits per heavy atom. The molecular formula is C15H19N3O3. The number of phenolic OH excluding ortho intramolecular Hbond substituents is 2. The molecule has 0 aliphatic carbocycles. The van der Waals surface area contributed by atoms with Gasteiger partial charge in [-0.2, -0.15) is 5.26 Å². The Bertz CT molecular complexity index is 584. The number of phenols is 2. The van der Waals surface area contributed by atoms with Crippen molar-refractivity contribution in [1.29, 1.82) is 5.26 Å². The number of amides is 1. The van der Waals surface area contributed by atoms with Gasteiger partial charge < -0.3 is 15.1 Å². The summed E-state index contributed by atoms with van der Waals surface area (Å²) in [5.74, 6) is -0.995. The zero-order valence-electron chi connectivity index (χ0n) is 12.2. The highest BCUT2D eigenvalue weighted by Crippen LogP contribution is 2.29. The van der Waals surface area contributed by atoms with E-state index in [1.54, 1.807) is 4.90 Å². The van der Waals surface area contributed by atoms with Crippen LogP contribution in [0.15, 0.2) is 18.2 Å². The average Bonchev–Trinajstić information content (AvgIpc) is 2.49. The number of nitriles is 1. The first-order valence-electron chi connectivity index (χ1n) is 6.83. The second-order valence-electron chi connectivity index (χ2n) is 5.62. The van der Waals surface area contributed by atoms with Gasteiger partial charge in [0, 0.05) is 26.2 Å². The maximum Gasteiger partial charge on any atom is 0.257 e. The quantitative estimate of drug-likeness (QED) is 0.798. The van der Waals surface area contributed by atoms with Crippen LogP contribution in [0.3, 0.4) is 0 Å². The molecule has 0 radical (unpaired) electrons. The molecule has 1 heterocycles. The molecular weight excluding hydrogens is 270 g/mol. The second-order valence-corrected chi connectivity index (χ2v) is 5.62. The zero-order valence-corrected chi connectivity index (χ0v) is 12.2. The number of benzene rings is 1. The van der Waals surface area contributed by atoms with Gasteiger partial charge in [0.25, 0.3) is 5.91 Å². The van der Waals surface area contributed by atoms with Crippen LogP contribution < -0.4 is 0 Å². The van der Waals surface area contributed by atoms with Gasteiger partial charge in [-0.15, -0.1) is 0 Å². The number of hydrogen-bond donors (Lipinski definition) is 2. The highest BCUT2D eigenvalue weighted by atomic mass is 16.3. The molecule has 1 aromatic carbocycles. The summed E-state index contributed by atoms with van der Waals surface area (Å²) in [5, 5.41) is 28.4. The number of nitrogens with zero attached hydrogens (tertiary/aromatic N) is 3. The maximum absolute atomic E-state index is 12.4. The highest BCUT2D eigenvalue weighted by Gasteiger charge is 2.32. The molecule has 0 unspecified atom stereocenters. The van der Waals surface area contributed by atoms with E-state index >= 15 is 0 Å². The van der Waals surface area contributed by atoms with Crippen LogP contribution in [0.1, 0.15) is 24.2 Å². The minimum absolute atomic E-state index is 0.1000. The summed E-state index contributed by atoms with van der Waals surface area (Å²) in [5.41, 5.74) is -0.453. The summed E-state index contributed by atoms with van der Waals surface area (Å²) in [6, 6.07) is 6.60. The third kappa shape index (κ3) is 2.93. The Balaban J connectivity index is 2.08. The molecule has 6 heteroatoms. The monoisotopic (exact) mass is 289 g/mol. The molecule has 21 heavy (non-hydrogen) atoms. The van der Waals surface area contributed by atoms with Crippen LogP contribution in [0.5, 0.6) is 11.5 Å². The van der Waals surface area contributed by atoms with E-state index in [0.29, 0.717) is 26.2 Å². The molecule has 1 aliphatic rings. The van der Waals surface area contributed by atoms with Crippen molar-refractivity contribution in [3.05, 3.63) is 23.8 Å². The Kier molecular flexibility index (Phi) is 4.05. The molecule has 0 saturated carbocycles. The lowest BCUT2D eigenvalue weighted by molar-refractivity contribution is 0.0518. The third-order valence-corrected chi connectivity index (χ3v) is 3.88. The molecule has 2 rings (SSSR count). The van der Waals surface area contributed by atoms with Gasteiger partial charge in [0.05, 0.1) is 11.6 Å². The van der Waals surface area contributed by atoms with Crippen LogP contribution in [0, 0.1) is 11.3 Å². The summed E-state index contributed by atoms with van der Waals surface area (Å²) in [6.45, 7) is 5.88. The van der Waals surface area contributed by atoms with Crippen LogP contribution in [0.2, 0.25) is 0 Å². The number of carbonyl (C=O) groups excluding carboxylic acids is 1. The molecule has 1 amide bonds. The molecule has 0 bridgehead atoms. The number of piperazine rings is 1. The van der Waals surface area contributed by atoms with Crippen molar-refractivity contribution in [1.82, 2.24) is 9.80 Å². The average molecular weight is 289 g/mol. The zero-order chi connectivity index (χ0) is 15.6. The van der Waals surface area contributed by atoms with E-state index in [2.05, 4.69) is 6.07 Å². The molecule has 112 valence electrons. The Labute approximate surface area is 123 Å². The number of carbonyl (C=O) groups is 1. The van der Waals surface area contributed by atoms with Gasteiger partial charge in [0.15, 0.2) is 11.5 Å². The van der Waals surface area contributed by atoms with Gasteiger partial charge in [0.1, 0.15) is 5.54 Å². The normalized spacial score (nSPS) is 16.5. The van der Waals surface area contributed by atoms with Crippen LogP contribution in [0.4, 0.5) is 0 Å². The Morgan fingerprint density at radius 2 is 1.86 bits per heavy atom. The summed E-state index contributed by atoms with van der Waals surface area (Å²) < 4.78 is 0. The van der Waals surface area contributed by atoms with Gasteiger partial charge in [-0.3, -0.25) is 9.69 Å². The van der Waals surface area contributed by atoms with E-state index in [9.17, 15) is 15.0 Å². The van der Waals surface area contributed by atoms with Gasteiger partial charge in [-0.1, -0.05) is 6.07 Å². The van der Waals surface area contributed by atoms with E-state index in [1.807, 2.05) is 18.7 Å². The van der Waals surface area contributed by atoms with Crippen LogP contribution in [-0.4, -0.2) is 57.6 Å². The summed E-state index contributed by atoms with van der Waals surface area (Å²) >= 11 is 0. The van der Waals surface area contributed by atoms with Crippen molar-refractivity contribution in [2.75, 3.05) is 26.2 Å². The largest absolute Gasteiger partial charge is 0.504 e. The van der Waals surface area contributed by atoms with E-state index in [0.717, 1.165) is 0 Å².